The quantitative estimate of drug-likeness (QED) is 0.566. The Balaban J connectivity index is 1.96. The van der Waals surface area contributed by atoms with E-state index in [0.29, 0.717) is 17.4 Å². The van der Waals surface area contributed by atoms with E-state index in [4.69, 9.17) is 5.73 Å². The zero-order chi connectivity index (χ0) is 13.5. The van der Waals surface area contributed by atoms with E-state index >= 15 is 0 Å². The molecule has 0 saturated heterocycles. The highest BCUT2D eigenvalue weighted by Gasteiger charge is 2.08. The molecule has 0 saturated carbocycles. The molecule has 6 nitrogen and oxygen atoms in total. The van der Waals surface area contributed by atoms with E-state index in [0.717, 1.165) is 16.5 Å². The Kier molecular flexibility index (Phi) is 2.17. The van der Waals surface area contributed by atoms with Gasteiger partial charge < -0.3 is 5.73 Å². The van der Waals surface area contributed by atoms with Gasteiger partial charge in [0.2, 0.25) is 5.78 Å². The van der Waals surface area contributed by atoms with Crippen molar-refractivity contribution in [1.29, 1.82) is 0 Å². The first-order valence-electron chi connectivity index (χ1n) is 6.12. The van der Waals surface area contributed by atoms with Crippen molar-refractivity contribution in [2.45, 2.75) is 0 Å². The number of aromatic nitrogens is 5. The number of anilines is 1. The first kappa shape index (κ1) is 10.9. The van der Waals surface area contributed by atoms with Crippen molar-refractivity contribution in [3.05, 3.63) is 49.1 Å². The molecule has 0 aliphatic carbocycles. The minimum atomic E-state index is 0.469. The number of fused-ring (bicyclic) bond motifs is 2. The largest absolute Gasteiger partial charge is 0.383 e. The van der Waals surface area contributed by atoms with Crippen LogP contribution in [0.25, 0.3) is 28.1 Å². The van der Waals surface area contributed by atoms with Crippen LogP contribution in [0.5, 0.6) is 0 Å². The summed E-state index contributed by atoms with van der Waals surface area (Å²) in [5.74, 6) is 1.67. The Labute approximate surface area is 114 Å². The van der Waals surface area contributed by atoms with Gasteiger partial charge in [0.25, 0.3) is 0 Å². The average molecular weight is 262 g/mol. The minimum absolute atomic E-state index is 0.469. The monoisotopic (exact) mass is 262 g/mol. The molecule has 0 aliphatic heterocycles. The van der Waals surface area contributed by atoms with E-state index in [9.17, 15) is 0 Å². The lowest BCUT2D eigenvalue weighted by Crippen LogP contribution is -1.99. The number of nitrogen functional groups attached to an aromatic ring is 1. The Morgan fingerprint density at radius 2 is 1.95 bits per heavy atom. The van der Waals surface area contributed by atoms with E-state index in [1.807, 2.05) is 41.1 Å². The van der Waals surface area contributed by atoms with Crippen LogP contribution in [0.1, 0.15) is 0 Å². The maximum absolute atomic E-state index is 6.00. The highest BCUT2D eigenvalue weighted by molar-refractivity contribution is 5.89. The molecule has 0 atom stereocenters. The lowest BCUT2D eigenvalue weighted by atomic mass is 10.2. The van der Waals surface area contributed by atoms with Gasteiger partial charge in [0.05, 0.1) is 11.1 Å². The Morgan fingerprint density at radius 1 is 1.05 bits per heavy atom. The molecule has 0 unspecified atom stereocenters. The lowest BCUT2D eigenvalue weighted by Gasteiger charge is -2.05. The van der Waals surface area contributed by atoms with Crippen LogP contribution in [-0.4, -0.2) is 24.3 Å². The number of nitrogens with zero attached hydrogens (tertiary/aromatic N) is 5. The van der Waals surface area contributed by atoms with Crippen molar-refractivity contribution in [1.82, 2.24) is 24.3 Å². The topological polar surface area (TPSA) is 82.0 Å². The third kappa shape index (κ3) is 1.58. The molecule has 0 bridgehead atoms. The molecule has 0 aliphatic rings. The zero-order valence-electron chi connectivity index (χ0n) is 10.4. The number of rotatable bonds is 1. The summed E-state index contributed by atoms with van der Waals surface area (Å²) in [6.07, 6.45) is 7.11. The number of nitrogens with two attached hydrogens (primary N) is 1. The highest BCUT2D eigenvalue weighted by atomic mass is 15.1. The van der Waals surface area contributed by atoms with Crippen molar-refractivity contribution in [3.63, 3.8) is 0 Å². The van der Waals surface area contributed by atoms with Crippen LogP contribution in [0.15, 0.2) is 49.1 Å². The maximum Gasteiger partial charge on any atom is 0.233 e. The number of para-hydroxylation sites is 1. The van der Waals surface area contributed by atoms with Gasteiger partial charge in [-0.3, -0.25) is 4.40 Å². The second kappa shape index (κ2) is 3.99. The third-order valence-electron chi connectivity index (χ3n) is 3.14. The Bertz CT molecular complexity index is 927. The SMILES string of the molecule is Nc1nc(-c2cnc3nccn3c2)nc2ccccc12. The van der Waals surface area contributed by atoms with E-state index in [-0.39, 0.29) is 0 Å². The lowest BCUT2D eigenvalue weighted by molar-refractivity contribution is 1.09. The molecule has 0 fully saturated rings. The summed E-state index contributed by atoms with van der Waals surface area (Å²) < 4.78 is 1.82. The maximum atomic E-state index is 6.00. The molecule has 0 amide bonds. The van der Waals surface area contributed by atoms with E-state index < -0.39 is 0 Å². The van der Waals surface area contributed by atoms with Gasteiger partial charge in [0.1, 0.15) is 5.82 Å². The predicted octanol–water partition coefficient (Wildman–Crippen LogP) is 1.92. The molecule has 4 rings (SSSR count). The fraction of sp³-hybridized carbons (Fsp3) is 0. The molecule has 4 aromatic rings. The normalized spacial score (nSPS) is 11.2. The second-order valence-corrected chi connectivity index (χ2v) is 4.43. The molecule has 2 N–H and O–H groups in total. The highest BCUT2D eigenvalue weighted by Crippen LogP contribution is 2.22. The number of hydrogen-bond donors (Lipinski definition) is 1. The third-order valence-corrected chi connectivity index (χ3v) is 3.14. The summed E-state index contributed by atoms with van der Waals surface area (Å²) in [6, 6.07) is 7.67. The fourth-order valence-electron chi connectivity index (χ4n) is 2.16. The summed E-state index contributed by atoms with van der Waals surface area (Å²) in [5.41, 5.74) is 7.62. The van der Waals surface area contributed by atoms with Gasteiger partial charge in [0.15, 0.2) is 5.82 Å². The summed E-state index contributed by atoms with van der Waals surface area (Å²) in [6.45, 7) is 0. The molecule has 20 heavy (non-hydrogen) atoms. The summed E-state index contributed by atoms with van der Waals surface area (Å²) in [7, 11) is 0. The Hall–Kier alpha value is -3.02. The smallest absolute Gasteiger partial charge is 0.233 e. The molecule has 3 heterocycles. The van der Waals surface area contributed by atoms with Gasteiger partial charge in [-0.2, -0.15) is 0 Å². The van der Waals surface area contributed by atoms with Gasteiger partial charge in [0, 0.05) is 30.2 Å². The molecule has 1 aromatic carbocycles. The minimum Gasteiger partial charge on any atom is -0.383 e. The number of imidazole rings is 1. The van der Waals surface area contributed by atoms with Gasteiger partial charge in [-0.05, 0) is 12.1 Å². The van der Waals surface area contributed by atoms with Crippen LogP contribution in [0.4, 0.5) is 5.82 Å². The van der Waals surface area contributed by atoms with E-state index in [1.54, 1.807) is 12.4 Å². The molecule has 6 heteroatoms. The van der Waals surface area contributed by atoms with Gasteiger partial charge in [-0.1, -0.05) is 12.1 Å². The summed E-state index contributed by atoms with van der Waals surface area (Å²) in [5, 5.41) is 0.855. The van der Waals surface area contributed by atoms with Crippen LogP contribution >= 0.6 is 0 Å². The standard InChI is InChI=1S/C14H10N6/c15-12-10-3-1-2-4-11(10)18-13(19-12)9-7-17-14-16-5-6-20(14)8-9/h1-8H,(H2,15,18,19). The van der Waals surface area contributed by atoms with E-state index in [2.05, 4.69) is 19.9 Å². The number of benzene rings is 1. The summed E-state index contributed by atoms with van der Waals surface area (Å²) >= 11 is 0. The van der Waals surface area contributed by atoms with Crippen LogP contribution in [0.2, 0.25) is 0 Å². The zero-order valence-corrected chi connectivity index (χ0v) is 10.4. The van der Waals surface area contributed by atoms with Gasteiger partial charge >= 0.3 is 0 Å². The van der Waals surface area contributed by atoms with Crippen LogP contribution in [-0.2, 0) is 0 Å². The van der Waals surface area contributed by atoms with Crippen LogP contribution in [0, 0.1) is 0 Å². The van der Waals surface area contributed by atoms with Crippen molar-refractivity contribution >= 4 is 22.5 Å². The number of hydrogen-bond acceptors (Lipinski definition) is 5. The van der Waals surface area contributed by atoms with Crippen molar-refractivity contribution in [2.24, 2.45) is 0 Å². The first-order chi connectivity index (χ1) is 9.81. The molecule has 0 radical (unpaired) electrons. The van der Waals surface area contributed by atoms with Crippen molar-refractivity contribution in [2.75, 3.05) is 5.73 Å². The molecule has 3 aromatic heterocycles. The van der Waals surface area contributed by atoms with Crippen LogP contribution in [0.3, 0.4) is 0 Å². The van der Waals surface area contributed by atoms with Crippen LogP contribution < -0.4 is 5.73 Å². The molecule has 96 valence electrons. The Morgan fingerprint density at radius 3 is 2.90 bits per heavy atom. The molecule has 0 spiro atoms. The first-order valence-corrected chi connectivity index (χ1v) is 6.12. The fourth-order valence-corrected chi connectivity index (χ4v) is 2.16. The predicted molar refractivity (Wildman–Crippen MR) is 75.9 cm³/mol. The molecular formula is C14H10N6. The van der Waals surface area contributed by atoms with Crippen molar-refractivity contribution in [3.8, 4) is 11.4 Å². The van der Waals surface area contributed by atoms with E-state index in [1.165, 1.54) is 0 Å². The van der Waals surface area contributed by atoms with Gasteiger partial charge in [-0.25, -0.2) is 19.9 Å². The molecular weight excluding hydrogens is 252 g/mol. The van der Waals surface area contributed by atoms with Gasteiger partial charge in [-0.15, -0.1) is 0 Å². The van der Waals surface area contributed by atoms with Crippen molar-refractivity contribution < 1.29 is 0 Å². The average Bonchev–Trinajstić information content (AvgIpc) is 2.94. The second-order valence-electron chi connectivity index (χ2n) is 4.43. The summed E-state index contributed by atoms with van der Waals surface area (Å²) in [4.78, 5) is 17.3.